The highest BCUT2D eigenvalue weighted by molar-refractivity contribution is 7.13. The number of para-hydroxylation sites is 1. The zero-order chi connectivity index (χ0) is 14.7. The van der Waals surface area contributed by atoms with Crippen molar-refractivity contribution in [1.82, 2.24) is 20.0 Å². The van der Waals surface area contributed by atoms with Crippen LogP contribution in [0.25, 0.3) is 16.4 Å². The van der Waals surface area contributed by atoms with Crippen LogP contribution in [-0.4, -0.2) is 32.6 Å². The molecule has 0 saturated carbocycles. The quantitative estimate of drug-likeness (QED) is 0.693. The maximum atomic E-state index is 11.6. The topological polar surface area (TPSA) is 69.9 Å². The van der Waals surface area contributed by atoms with E-state index >= 15 is 0 Å². The number of ether oxygens (including phenoxy) is 1. The molecule has 2 aromatic heterocycles. The molecule has 0 bridgehead atoms. The molecule has 0 aliphatic heterocycles. The standard InChI is InChI=1S/C14H12N4O2S/c1-2-20-14(19)12-9-21-13(16-12)11-8-15-18(17-11)10-6-4-3-5-7-10/h3-9H,2H2,1H3. The lowest BCUT2D eigenvalue weighted by Crippen LogP contribution is -2.04. The number of hydrogen-bond acceptors (Lipinski definition) is 6. The number of thiazole rings is 1. The van der Waals surface area contributed by atoms with E-state index in [0.717, 1.165) is 5.69 Å². The third-order valence-electron chi connectivity index (χ3n) is 2.69. The molecule has 0 amide bonds. The van der Waals surface area contributed by atoms with Crippen LogP contribution < -0.4 is 0 Å². The number of aromatic nitrogens is 4. The summed E-state index contributed by atoms with van der Waals surface area (Å²) in [6.45, 7) is 2.09. The highest BCUT2D eigenvalue weighted by atomic mass is 32.1. The number of nitrogens with zero attached hydrogens (tertiary/aromatic N) is 4. The molecular formula is C14H12N4O2S. The maximum absolute atomic E-state index is 11.6. The molecule has 6 nitrogen and oxygen atoms in total. The van der Waals surface area contributed by atoms with Gasteiger partial charge in [-0.25, -0.2) is 9.78 Å². The Balaban J connectivity index is 1.85. The van der Waals surface area contributed by atoms with E-state index in [-0.39, 0.29) is 0 Å². The van der Waals surface area contributed by atoms with Crippen LogP contribution in [0, 0.1) is 0 Å². The Morgan fingerprint density at radius 1 is 1.33 bits per heavy atom. The van der Waals surface area contributed by atoms with Crippen LogP contribution in [0.3, 0.4) is 0 Å². The molecule has 0 spiro atoms. The first kappa shape index (κ1) is 13.4. The van der Waals surface area contributed by atoms with Gasteiger partial charge in [0.15, 0.2) is 5.69 Å². The van der Waals surface area contributed by atoms with E-state index in [4.69, 9.17) is 4.74 Å². The molecule has 0 fully saturated rings. The van der Waals surface area contributed by atoms with Crippen molar-refractivity contribution in [3.05, 3.63) is 47.6 Å². The molecule has 1 aromatic carbocycles. The fourth-order valence-electron chi connectivity index (χ4n) is 1.74. The predicted molar refractivity (Wildman–Crippen MR) is 78.4 cm³/mol. The van der Waals surface area contributed by atoms with Gasteiger partial charge in [0.2, 0.25) is 0 Å². The minimum Gasteiger partial charge on any atom is -0.461 e. The van der Waals surface area contributed by atoms with Crippen molar-refractivity contribution in [1.29, 1.82) is 0 Å². The molecular weight excluding hydrogens is 288 g/mol. The van der Waals surface area contributed by atoms with Gasteiger partial charge in [0.25, 0.3) is 0 Å². The van der Waals surface area contributed by atoms with Crippen LogP contribution >= 0.6 is 11.3 Å². The highest BCUT2D eigenvalue weighted by Crippen LogP contribution is 2.22. The summed E-state index contributed by atoms with van der Waals surface area (Å²) >= 11 is 1.34. The smallest absolute Gasteiger partial charge is 0.357 e. The van der Waals surface area contributed by atoms with Crippen LogP contribution in [0.15, 0.2) is 41.9 Å². The molecule has 0 unspecified atom stereocenters. The third kappa shape index (κ3) is 2.82. The van der Waals surface area contributed by atoms with Crippen molar-refractivity contribution in [3.63, 3.8) is 0 Å². The molecule has 0 aliphatic carbocycles. The van der Waals surface area contributed by atoms with Crippen LogP contribution in [-0.2, 0) is 4.74 Å². The Kier molecular flexibility index (Phi) is 3.74. The Morgan fingerprint density at radius 3 is 2.90 bits per heavy atom. The Labute approximate surface area is 125 Å². The SMILES string of the molecule is CCOC(=O)c1csc(-c2cnn(-c3ccccc3)n2)n1. The molecule has 0 saturated heterocycles. The molecule has 0 N–H and O–H groups in total. The van der Waals surface area contributed by atoms with E-state index in [1.165, 1.54) is 16.1 Å². The number of hydrogen-bond donors (Lipinski definition) is 0. The van der Waals surface area contributed by atoms with E-state index in [9.17, 15) is 4.79 Å². The lowest BCUT2D eigenvalue weighted by Gasteiger charge is -1.97. The lowest BCUT2D eigenvalue weighted by molar-refractivity contribution is 0.0520. The predicted octanol–water partition coefficient (Wildman–Crippen LogP) is 2.57. The fraction of sp³-hybridized carbons (Fsp3) is 0.143. The molecule has 0 atom stereocenters. The molecule has 7 heteroatoms. The van der Waals surface area contributed by atoms with E-state index in [1.54, 1.807) is 18.5 Å². The summed E-state index contributed by atoms with van der Waals surface area (Å²) in [4.78, 5) is 17.4. The minimum atomic E-state index is -0.421. The normalized spacial score (nSPS) is 10.5. The van der Waals surface area contributed by atoms with E-state index in [0.29, 0.717) is 23.0 Å². The van der Waals surface area contributed by atoms with E-state index < -0.39 is 5.97 Å². The summed E-state index contributed by atoms with van der Waals surface area (Å²) in [6.07, 6.45) is 1.63. The number of benzene rings is 1. The number of esters is 1. The number of carbonyl (C=O) groups excluding carboxylic acids is 1. The maximum Gasteiger partial charge on any atom is 0.357 e. The van der Waals surface area contributed by atoms with Crippen molar-refractivity contribution in [3.8, 4) is 16.4 Å². The van der Waals surface area contributed by atoms with Crippen LogP contribution in [0.2, 0.25) is 0 Å². The number of carbonyl (C=O) groups is 1. The first-order valence-electron chi connectivity index (χ1n) is 6.38. The van der Waals surface area contributed by atoms with Gasteiger partial charge in [-0.05, 0) is 19.1 Å². The van der Waals surface area contributed by atoms with Gasteiger partial charge in [-0.2, -0.15) is 9.90 Å². The molecule has 3 aromatic rings. The molecule has 3 rings (SSSR count). The van der Waals surface area contributed by atoms with Gasteiger partial charge in [0, 0.05) is 5.38 Å². The molecule has 0 aliphatic rings. The summed E-state index contributed by atoms with van der Waals surface area (Å²) in [6, 6.07) is 9.59. The molecule has 0 radical (unpaired) electrons. The van der Waals surface area contributed by atoms with Crippen LogP contribution in [0.4, 0.5) is 0 Å². The van der Waals surface area contributed by atoms with Crippen molar-refractivity contribution >= 4 is 17.3 Å². The highest BCUT2D eigenvalue weighted by Gasteiger charge is 2.14. The second-order valence-corrected chi connectivity index (χ2v) is 4.97. The van der Waals surface area contributed by atoms with Gasteiger partial charge in [0.1, 0.15) is 10.7 Å². The summed E-state index contributed by atoms with van der Waals surface area (Å²) in [5, 5.41) is 10.9. The second-order valence-electron chi connectivity index (χ2n) is 4.11. The largest absolute Gasteiger partial charge is 0.461 e. The van der Waals surface area contributed by atoms with Gasteiger partial charge >= 0.3 is 5.97 Å². The van der Waals surface area contributed by atoms with Crippen molar-refractivity contribution in [2.24, 2.45) is 0 Å². The van der Waals surface area contributed by atoms with Gasteiger partial charge < -0.3 is 4.74 Å². The summed E-state index contributed by atoms with van der Waals surface area (Å²) in [5.74, 6) is -0.421. The van der Waals surface area contributed by atoms with Gasteiger partial charge in [-0.3, -0.25) is 0 Å². The Morgan fingerprint density at radius 2 is 2.14 bits per heavy atom. The lowest BCUT2D eigenvalue weighted by atomic mass is 10.3. The Hall–Kier alpha value is -2.54. The van der Waals surface area contributed by atoms with Gasteiger partial charge in [-0.15, -0.1) is 16.4 Å². The minimum absolute atomic E-state index is 0.297. The monoisotopic (exact) mass is 300 g/mol. The van der Waals surface area contributed by atoms with Crippen molar-refractivity contribution in [2.45, 2.75) is 6.92 Å². The number of rotatable bonds is 4. The molecule has 2 heterocycles. The molecule has 106 valence electrons. The fourth-order valence-corrected chi connectivity index (χ4v) is 2.47. The molecule has 21 heavy (non-hydrogen) atoms. The van der Waals surface area contributed by atoms with Crippen LogP contribution in [0.5, 0.6) is 0 Å². The van der Waals surface area contributed by atoms with Crippen LogP contribution in [0.1, 0.15) is 17.4 Å². The second kappa shape index (κ2) is 5.84. The van der Waals surface area contributed by atoms with E-state index in [1.807, 2.05) is 30.3 Å². The average Bonchev–Trinajstić information content (AvgIpc) is 3.17. The third-order valence-corrected chi connectivity index (χ3v) is 3.55. The summed E-state index contributed by atoms with van der Waals surface area (Å²) in [5.41, 5.74) is 1.79. The summed E-state index contributed by atoms with van der Waals surface area (Å²) < 4.78 is 4.92. The van der Waals surface area contributed by atoms with Gasteiger partial charge in [0.05, 0.1) is 18.5 Å². The Bertz CT molecular complexity index is 751. The zero-order valence-electron chi connectivity index (χ0n) is 11.3. The summed E-state index contributed by atoms with van der Waals surface area (Å²) in [7, 11) is 0. The van der Waals surface area contributed by atoms with Gasteiger partial charge in [-0.1, -0.05) is 18.2 Å². The zero-order valence-corrected chi connectivity index (χ0v) is 12.1. The first-order chi connectivity index (χ1) is 10.3. The first-order valence-corrected chi connectivity index (χ1v) is 7.26. The average molecular weight is 300 g/mol. The van der Waals surface area contributed by atoms with Crippen molar-refractivity contribution in [2.75, 3.05) is 6.61 Å². The van der Waals surface area contributed by atoms with E-state index in [2.05, 4.69) is 15.2 Å². The van der Waals surface area contributed by atoms with Crippen molar-refractivity contribution < 1.29 is 9.53 Å².